The summed E-state index contributed by atoms with van der Waals surface area (Å²) in [5.74, 6) is 0.149. The molecule has 1 unspecified atom stereocenters. The first-order valence-electron chi connectivity index (χ1n) is 4.49. The van der Waals surface area contributed by atoms with E-state index >= 15 is 0 Å². The molecule has 84 valence electrons. The standard InChI is InChI=1S/C10H10N2O4/c1-7(11-6-13)8-3-4-9(12(14)15)10(5-8)16-2/h3-5,7H,1-2H3. The summed E-state index contributed by atoms with van der Waals surface area (Å²) in [6, 6.07) is 3.95. The van der Waals surface area contributed by atoms with E-state index < -0.39 is 11.0 Å². The van der Waals surface area contributed by atoms with E-state index in [-0.39, 0.29) is 11.4 Å². The van der Waals surface area contributed by atoms with Gasteiger partial charge in [-0.15, -0.1) is 0 Å². The van der Waals surface area contributed by atoms with Gasteiger partial charge in [0.25, 0.3) is 0 Å². The molecular formula is C10H10N2O4. The van der Waals surface area contributed by atoms with Gasteiger partial charge < -0.3 is 4.74 Å². The molecule has 0 N–H and O–H groups in total. The van der Waals surface area contributed by atoms with Gasteiger partial charge >= 0.3 is 5.69 Å². The number of nitrogens with zero attached hydrogens (tertiary/aromatic N) is 2. The number of isocyanates is 1. The van der Waals surface area contributed by atoms with E-state index in [2.05, 4.69) is 4.99 Å². The first kappa shape index (κ1) is 11.9. The number of hydrogen-bond acceptors (Lipinski definition) is 5. The molecule has 0 heterocycles. The second kappa shape index (κ2) is 5.04. The van der Waals surface area contributed by atoms with Crippen LogP contribution in [0.4, 0.5) is 5.69 Å². The molecule has 0 aromatic heterocycles. The van der Waals surface area contributed by atoms with Crippen molar-refractivity contribution in [2.24, 2.45) is 4.99 Å². The van der Waals surface area contributed by atoms with E-state index in [0.29, 0.717) is 5.56 Å². The van der Waals surface area contributed by atoms with Gasteiger partial charge in [0.05, 0.1) is 18.1 Å². The van der Waals surface area contributed by atoms with Crippen molar-refractivity contribution in [2.75, 3.05) is 7.11 Å². The molecule has 1 aromatic carbocycles. The van der Waals surface area contributed by atoms with Gasteiger partial charge in [-0.05, 0) is 24.6 Å². The van der Waals surface area contributed by atoms with Gasteiger partial charge in [0.15, 0.2) is 5.75 Å². The maximum absolute atomic E-state index is 10.6. The van der Waals surface area contributed by atoms with Gasteiger partial charge in [-0.2, -0.15) is 4.99 Å². The lowest BCUT2D eigenvalue weighted by atomic mass is 10.1. The highest BCUT2D eigenvalue weighted by Crippen LogP contribution is 2.30. The maximum Gasteiger partial charge on any atom is 0.310 e. The van der Waals surface area contributed by atoms with Crippen molar-refractivity contribution in [1.29, 1.82) is 0 Å². The van der Waals surface area contributed by atoms with E-state index in [1.165, 1.54) is 31.4 Å². The van der Waals surface area contributed by atoms with Crippen LogP contribution in [-0.4, -0.2) is 18.1 Å². The van der Waals surface area contributed by atoms with Gasteiger partial charge in [0.1, 0.15) is 0 Å². The van der Waals surface area contributed by atoms with Crippen LogP contribution < -0.4 is 4.74 Å². The molecule has 1 aromatic rings. The Labute approximate surface area is 91.7 Å². The highest BCUT2D eigenvalue weighted by Gasteiger charge is 2.16. The number of aliphatic imine (C=N–C) groups is 1. The molecule has 0 radical (unpaired) electrons. The summed E-state index contributed by atoms with van der Waals surface area (Å²) in [6.07, 6.45) is 1.44. The van der Waals surface area contributed by atoms with E-state index in [9.17, 15) is 14.9 Å². The zero-order valence-corrected chi connectivity index (χ0v) is 8.84. The van der Waals surface area contributed by atoms with Crippen LogP contribution in [0.25, 0.3) is 0 Å². The Morgan fingerprint density at radius 2 is 2.25 bits per heavy atom. The van der Waals surface area contributed by atoms with Gasteiger partial charge in [-0.3, -0.25) is 10.1 Å². The van der Waals surface area contributed by atoms with Crippen LogP contribution >= 0.6 is 0 Å². The minimum Gasteiger partial charge on any atom is -0.490 e. The monoisotopic (exact) mass is 222 g/mol. The number of benzene rings is 1. The normalized spacial score (nSPS) is 11.4. The molecule has 0 aliphatic carbocycles. The summed E-state index contributed by atoms with van der Waals surface area (Å²) < 4.78 is 4.89. The molecule has 0 amide bonds. The Morgan fingerprint density at radius 1 is 1.56 bits per heavy atom. The summed E-state index contributed by atoms with van der Waals surface area (Å²) in [5.41, 5.74) is 0.541. The van der Waals surface area contributed by atoms with Gasteiger partial charge in [0, 0.05) is 6.07 Å². The van der Waals surface area contributed by atoms with Crippen molar-refractivity contribution in [1.82, 2.24) is 0 Å². The molecule has 0 saturated carbocycles. The number of rotatable bonds is 4. The number of ether oxygens (including phenoxy) is 1. The second-order valence-electron chi connectivity index (χ2n) is 3.08. The molecule has 0 bridgehead atoms. The second-order valence-corrected chi connectivity index (χ2v) is 3.08. The van der Waals surface area contributed by atoms with Crippen molar-refractivity contribution >= 4 is 11.8 Å². The smallest absolute Gasteiger partial charge is 0.310 e. The maximum atomic E-state index is 10.6. The SMILES string of the molecule is COc1cc(C(C)N=C=O)ccc1[N+](=O)[O-]. The highest BCUT2D eigenvalue weighted by molar-refractivity contribution is 5.49. The molecule has 0 aliphatic heterocycles. The van der Waals surface area contributed by atoms with Crippen molar-refractivity contribution in [2.45, 2.75) is 13.0 Å². The average Bonchev–Trinajstić information content (AvgIpc) is 2.28. The fourth-order valence-corrected chi connectivity index (χ4v) is 1.26. The Bertz CT molecular complexity index is 452. The summed E-state index contributed by atoms with van der Waals surface area (Å²) in [5, 5.41) is 10.6. The lowest BCUT2D eigenvalue weighted by Crippen LogP contribution is -1.96. The Kier molecular flexibility index (Phi) is 3.74. The van der Waals surface area contributed by atoms with Crippen LogP contribution in [0.2, 0.25) is 0 Å². The molecule has 0 aliphatic rings. The predicted octanol–water partition coefficient (Wildman–Crippen LogP) is 2.00. The quantitative estimate of drug-likeness (QED) is 0.337. The lowest BCUT2D eigenvalue weighted by molar-refractivity contribution is -0.385. The first-order chi connectivity index (χ1) is 7.60. The topological polar surface area (TPSA) is 81.8 Å². The molecule has 6 heteroatoms. The highest BCUT2D eigenvalue weighted by atomic mass is 16.6. The van der Waals surface area contributed by atoms with Crippen molar-refractivity contribution in [3.8, 4) is 5.75 Å². The molecule has 0 saturated heterocycles. The molecule has 0 fully saturated rings. The zero-order valence-electron chi connectivity index (χ0n) is 8.84. The van der Waals surface area contributed by atoms with Crippen LogP contribution in [0.5, 0.6) is 5.75 Å². The molecule has 1 atom stereocenters. The molecular weight excluding hydrogens is 212 g/mol. The van der Waals surface area contributed by atoms with E-state index in [1.54, 1.807) is 6.92 Å². The number of nitro benzene ring substituents is 1. The predicted molar refractivity (Wildman–Crippen MR) is 56.2 cm³/mol. The number of nitro groups is 1. The molecule has 6 nitrogen and oxygen atoms in total. The first-order valence-corrected chi connectivity index (χ1v) is 4.49. The number of methoxy groups -OCH3 is 1. The zero-order chi connectivity index (χ0) is 12.1. The van der Waals surface area contributed by atoms with Gasteiger partial charge in [0.2, 0.25) is 6.08 Å². The summed E-state index contributed by atoms with van der Waals surface area (Å²) in [4.78, 5) is 23.7. The van der Waals surface area contributed by atoms with Gasteiger partial charge in [-0.25, -0.2) is 4.79 Å². The third-order valence-corrected chi connectivity index (χ3v) is 2.13. The van der Waals surface area contributed by atoms with E-state index in [0.717, 1.165) is 0 Å². The minimum atomic E-state index is -0.531. The Hall–Kier alpha value is -2.20. The van der Waals surface area contributed by atoms with Crippen LogP contribution in [0.15, 0.2) is 23.2 Å². The van der Waals surface area contributed by atoms with Crippen LogP contribution in [0, 0.1) is 10.1 Å². The molecule has 16 heavy (non-hydrogen) atoms. The van der Waals surface area contributed by atoms with Crippen molar-refractivity contribution in [3.63, 3.8) is 0 Å². The van der Waals surface area contributed by atoms with Gasteiger partial charge in [-0.1, -0.05) is 0 Å². The van der Waals surface area contributed by atoms with E-state index in [4.69, 9.17) is 4.74 Å². The van der Waals surface area contributed by atoms with Crippen LogP contribution in [-0.2, 0) is 4.79 Å². The molecule has 0 spiro atoms. The Morgan fingerprint density at radius 3 is 2.75 bits per heavy atom. The minimum absolute atomic E-state index is 0.117. The third kappa shape index (κ3) is 2.43. The summed E-state index contributed by atoms with van der Waals surface area (Å²) in [7, 11) is 1.35. The Balaban J connectivity index is 3.18. The van der Waals surface area contributed by atoms with Crippen LogP contribution in [0.3, 0.4) is 0 Å². The fourth-order valence-electron chi connectivity index (χ4n) is 1.26. The van der Waals surface area contributed by atoms with Crippen LogP contribution in [0.1, 0.15) is 18.5 Å². The van der Waals surface area contributed by atoms with Crippen molar-refractivity contribution in [3.05, 3.63) is 33.9 Å². The molecule has 1 rings (SSSR count). The number of hydrogen-bond donors (Lipinski definition) is 0. The van der Waals surface area contributed by atoms with Crippen molar-refractivity contribution < 1.29 is 14.5 Å². The number of carbonyl (C=O) groups excluding carboxylic acids is 1. The summed E-state index contributed by atoms with van der Waals surface area (Å²) >= 11 is 0. The third-order valence-electron chi connectivity index (χ3n) is 2.13. The van der Waals surface area contributed by atoms with E-state index in [1.807, 2.05) is 0 Å². The average molecular weight is 222 g/mol. The largest absolute Gasteiger partial charge is 0.490 e. The lowest BCUT2D eigenvalue weighted by Gasteiger charge is -2.07. The fraction of sp³-hybridized carbons (Fsp3) is 0.300. The summed E-state index contributed by atoms with van der Waals surface area (Å²) in [6.45, 7) is 1.69.